The van der Waals surface area contributed by atoms with Crippen molar-refractivity contribution in [2.75, 3.05) is 11.8 Å². The number of halogens is 1. The molecule has 0 radical (unpaired) electrons. The fourth-order valence-corrected chi connectivity index (χ4v) is 4.76. The van der Waals surface area contributed by atoms with Gasteiger partial charge < -0.3 is 14.5 Å². The van der Waals surface area contributed by atoms with Crippen LogP contribution in [0.3, 0.4) is 0 Å². The zero-order valence-electron chi connectivity index (χ0n) is 18.3. The molecule has 0 bridgehead atoms. The maximum Gasteiger partial charge on any atom is 0.339 e. The number of carbonyl (C=O) groups excluding carboxylic acids is 1. The van der Waals surface area contributed by atoms with E-state index in [-0.39, 0.29) is 4.90 Å². The Balaban J connectivity index is 1.64. The van der Waals surface area contributed by atoms with Crippen molar-refractivity contribution in [1.29, 1.82) is 0 Å². The number of aryl methyl sites for hydroxylation is 1. The molecule has 0 aliphatic carbocycles. The van der Waals surface area contributed by atoms with E-state index in [1.807, 2.05) is 12.1 Å². The van der Waals surface area contributed by atoms with E-state index in [2.05, 4.69) is 9.71 Å². The Kier molecular flexibility index (Phi) is 6.63. The number of H-pyrrole nitrogens is 1. The summed E-state index contributed by atoms with van der Waals surface area (Å²) < 4.78 is 39.4. The highest BCUT2D eigenvalue weighted by molar-refractivity contribution is 7.92. The molecule has 174 valence electrons. The lowest BCUT2D eigenvalue weighted by molar-refractivity contribution is 0.0601. The second-order valence-electron chi connectivity index (χ2n) is 7.43. The number of ether oxygens (including phenoxy) is 2. The van der Waals surface area contributed by atoms with Crippen LogP contribution in [0, 0.1) is 6.92 Å². The summed E-state index contributed by atoms with van der Waals surface area (Å²) in [6.45, 7) is 1.78. The molecule has 4 aromatic rings. The van der Waals surface area contributed by atoms with Gasteiger partial charge in [-0.05, 0) is 54.4 Å². The number of hydrogen-bond donors (Lipinski definition) is 2. The van der Waals surface area contributed by atoms with Gasteiger partial charge in [0.15, 0.2) is 5.88 Å². The molecule has 0 unspecified atom stereocenters. The Labute approximate surface area is 202 Å². The molecule has 0 atom stereocenters. The van der Waals surface area contributed by atoms with Crippen molar-refractivity contribution in [3.8, 4) is 22.8 Å². The zero-order chi connectivity index (χ0) is 24.3. The minimum absolute atomic E-state index is 0.0991. The molecule has 7 nitrogen and oxygen atoms in total. The van der Waals surface area contributed by atoms with Crippen LogP contribution in [0.5, 0.6) is 11.6 Å². The van der Waals surface area contributed by atoms with Crippen LogP contribution in [0.1, 0.15) is 15.9 Å². The van der Waals surface area contributed by atoms with Gasteiger partial charge in [0.05, 0.1) is 23.3 Å². The summed E-state index contributed by atoms with van der Waals surface area (Å²) in [6, 6.07) is 20.2. The van der Waals surface area contributed by atoms with E-state index < -0.39 is 16.0 Å². The molecule has 0 spiro atoms. The summed E-state index contributed by atoms with van der Waals surface area (Å²) in [7, 11) is -2.55. The highest BCUT2D eigenvalue weighted by atomic mass is 35.5. The largest absolute Gasteiger partial charge is 0.465 e. The van der Waals surface area contributed by atoms with Crippen molar-refractivity contribution >= 4 is 33.3 Å². The van der Waals surface area contributed by atoms with Crippen molar-refractivity contribution in [2.24, 2.45) is 0 Å². The first-order valence-electron chi connectivity index (χ1n) is 10.2. The smallest absolute Gasteiger partial charge is 0.339 e. The van der Waals surface area contributed by atoms with Crippen LogP contribution in [0.4, 0.5) is 5.69 Å². The van der Waals surface area contributed by atoms with Gasteiger partial charge in [0.1, 0.15) is 5.75 Å². The molecular weight excluding hydrogens is 476 g/mol. The van der Waals surface area contributed by atoms with Gasteiger partial charge in [0.25, 0.3) is 10.0 Å². The Morgan fingerprint density at radius 1 is 1.00 bits per heavy atom. The van der Waals surface area contributed by atoms with E-state index in [0.29, 0.717) is 44.6 Å². The van der Waals surface area contributed by atoms with Gasteiger partial charge in [-0.25, -0.2) is 13.2 Å². The third-order valence-corrected chi connectivity index (χ3v) is 6.67. The number of anilines is 1. The molecule has 0 fully saturated rings. The lowest BCUT2D eigenvalue weighted by atomic mass is 10.0. The minimum atomic E-state index is -3.85. The fraction of sp³-hybridized carbons (Fsp3) is 0.0800. The van der Waals surface area contributed by atoms with Crippen molar-refractivity contribution in [3.05, 3.63) is 95.1 Å². The second kappa shape index (κ2) is 9.62. The predicted molar refractivity (Wildman–Crippen MR) is 131 cm³/mol. The van der Waals surface area contributed by atoms with Crippen LogP contribution >= 0.6 is 11.6 Å². The van der Waals surface area contributed by atoms with Crippen LogP contribution < -0.4 is 9.46 Å². The molecule has 0 saturated carbocycles. The molecule has 0 aliphatic rings. The predicted octanol–water partition coefficient (Wildman–Crippen LogP) is 6.02. The highest BCUT2D eigenvalue weighted by Crippen LogP contribution is 2.34. The number of aromatic nitrogens is 1. The molecule has 4 rings (SSSR count). The van der Waals surface area contributed by atoms with E-state index >= 15 is 0 Å². The van der Waals surface area contributed by atoms with E-state index in [4.69, 9.17) is 21.1 Å². The molecular formula is C25H21ClN2O5S. The summed E-state index contributed by atoms with van der Waals surface area (Å²) in [5, 5.41) is 0.528. The quantitative estimate of drug-likeness (QED) is 0.305. The highest BCUT2D eigenvalue weighted by Gasteiger charge is 2.18. The number of hydrogen-bond acceptors (Lipinski definition) is 5. The van der Waals surface area contributed by atoms with Crippen molar-refractivity contribution in [2.45, 2.75) is 11.8 Å². The summed E-state index contributed by atoms with van der Waals surface area (Å²) in [4.78, 5) is 14.7. The number of esters is 1. The Bertz CT molecular complexity index is 1460. The molecule has 3 aromatic carbocycles. The van der Waals surface area contributed by atoms with Crippen LogP contribution in [-0.4, -0.2) is 26.5 Å². The van der Waals surface area contributed by atoms with Gasteiger partial charge in [-0.15, -0.1) is 0 Å². The van der Waals surface area contributed by atoms with Crippen LogP contribution in [0.15, 0.2) is 83.9 Å². The average Bonchev–Trinajstić information content (AvgIpc) is 3.29. The number of sulfonamides is 1. The molecule has 0 saturated heterocycles. The third-order valence-electron chi connectivity index (χ3n) is 5.07. The average molecular weight is 497 g/mol. The van der Waals surface area contributed by atoms with Crippen molar-refractivity contribution in [1.82, 2.24) is 4.98 Å². The Hall–Kier alpha value is -3.75. The SMILES string of the molecule is COC(=O)c1c[nH]c(Oc2ccccc2-c2cccc(S(=O)(=O)Nc3ccc(Cl)cc3C)c2)c1. The Morgan fingerprint density at radius 3 is 2.56 bits per heavy atom. The van der Waals surface area contributed by atoms with Crippen LogP contribution in [0.25, 0.3) is 11.1 Å². The number of rotatable bonds is 7. The van der Waals surface area contributed by atoms with Crippen molar-refractivity contribution < 1.29 is 22.7 Å². The Morgan fingerprint density at radius 2 is 1.79 bits per heavy atom. The van der Waals surface area contributed by atoms with Gasteiger partial charge >= 0.3 is 5.97 Å². The zero-order valence-corrected chi connectivity index (χ0v) is 19.9. The molecule has 34 heavy (non-hydrogen) atoms. The first-order valence-corrected chi connectivity index (χ1v) is 12.1. The summed E-state index contributed by atoms with van der Waals surface area (Å²) in [6.07, 6.45) is 1.49. The number of aromatic amines is 1. The first kappa shape index (κ1) is 23.4. The summed E-state index contributed by atoms with van der Waals surface area (Å²) >= 11 is 5.98. The lowest BCUT2D eigenvalue weighted by Crippen LogP contribution is -2.13. The molecule has 1 heterocycles. The molecule has 0 aliphatic heterocycles. The monoisotopic (exact) mass is 496 g/mol. The molecule has 1 aromatic heterocycles. The maximum absolute atomic E-state index is 13.1. The standard InChI is InChI=1S/C25H21ClN2O5S/c1-16-12-19(26)10-11-22(16)28-34(30,31)20-7-5-6-17(13-20)21-8-3-4-9-23(21)33-24-14-18(15-27-24)25(29)32-2/h3-15,27-28H,1-2H3. The van der Waals surface area contributed by atoms with Crippen LogP contribution in [0.2, 0.25) is 5.02 Å². The fourth-order valence-electron chi connectivity index (χ4n) is 3.36. The lowest BCUT2D eigenvalue weighted by Gasteiger charge is -2.13. The van der Waals surface area contributed by atoms with E-state index in [1.54, 1.807) is 55.5 Å². The van der Waals surface area contributed by atoms with Gasteiger partial charge in [0, 0.05) is 22.8 Å². The third kappa shape index (κ3) is 5.08. The van der Waals surface area contributed by atoms with Gasteiger partial charge in [-0.1, -0.05) is 41.9 Å². The second-order valence-corrected chi connectivity index (χ2v) is 9.55. The normalized spacial score (nSPS) is 11.1. The van der Waals surface area contributed by atoms with E-state index in [0.717, 1.165) is 0 Å². The van der Waals surface area contributed by atoms with Gasteiger partial charge in [-0.3, -0.25) is 4.72 Å². The van der Waals surface area contributed by atoms with E-state index in [9.17, 15) is 13.2 Å². The number of nitrogens with one attached hydrogen (secondary N) is 2. The molecule has 9 heteroatoms. The summed E-state index contributed by atoms with van der Waals surface area (Å²) in [5.41, 5.74) is 2.81. The molecule has 2 N–H and O–H groups in total. The van der Waals surface area contributed by atoms with E-state index in [1.165, 1.54) is 25.4 Å². The number of methoxy groups -OCH3 is 1. The molecule has 0 amide bonds. The topological polar surface area (TPSA) is 97.5 Å². The minimum Gasteiger partial charge on any atom is -0.465 e. The number of benzene rings is 3. The van der Waals surface area contributed by atoms with Gasteiger partial charge in [0.2, 0.25) is 0 Å². The van der Waals surface area contributed by atoms with Crippen molar-refractivity contribution in [3.63, 3.8) is 0 Å². The number of para-hydroxylation sites is 1. The maximum atomic E-state index is 13.1. The number of carbonyl (C=O) groups is 1. The van der Waals surface area contributed by atoms with Crippen LogP contribution in [-0.2, 0) is 14.8 Å². The summed E-state index contributed by atoms with van der Waals surface area (Å²) in [5.74, 6) is 0.342. The van der Waals surface area contributed by atoms with Gasteiger partial charge in [-0.2, -0.15) is 0 Å². The first-order chi connectivity index (χ1) is 16.3.